The van der Waals surface area contributed by atoms with E-state index in [2.05, 4.69) is 0 Å². The monoisotopic (exact) mass is 275 g/mol. The molecule has 4 nitrogen and oxygen atoms in total. The van der Waals surface area contributed by atoms with Gasteiger partial charge in [0.2, 0.25) is 0 Å². The van der Waals surface area contributed by atoms with Gasteiger partial charge in [0.1, 0.15) is 0 Å². The smallest absolute Gasteiger partial charge is 0.493 e. The summed E-state index contributed by atoms with van der Waals surface area (Å²) in [6.45, 7) is 4.55. The summed E-state index contributed by atoms with van der Waals surface area (Å²) in [6.07, 6.45) is 1.54. The van der Waals surface area contributed by atoms with Crippen molar-refractivity contribution in [3.8, 4) is 11.5 Å². The zero-order valence-corrected chi connectivity index (χ0v) is 14.2. The van der Waals surface area contributed by atoms with Crippen molar-refractivity contribution in [1.82, 2.24) is 0 Å². The second kappa shape index (κ2) is 9.23. The first-order valence-electron chi connectivity index (χ1n) is 6.04. The standard InChI is InChI=1S/C14H20O4.Na/c1-10-8-12(17-3)13(9-11(10)2)18-7-5-4-6-14(15)16;/h8-9H,4-7H2,1-3H3,(H,15,16);/q;+1. The average Bonchev–Trinajstić information content (AvgIpc) is 2.32. The van der Waals surface area contributed by atoms with Crippen molar-refractivity contribution in [3.63, 3.8) is 0 Å². The first-order chi connectivity index (χ1) is 8.54. The Kier molecular flexibility index (Phi) is 8.89. The van der Waals surface area contributed by atoms with Crippen LogP contribution < -0.4 is 39.0 Å². The molecule has 0 bridgehead atoms. The SMILES string of the molecule is COc1cc(C)c(C)cc1OCCCCC(=O)O.[Na+]. The van der Waals surface area contributed by atoms with Crippen LogP contribution in [0.3, 0.4) is 0 Å². The fourth-order valence-corrected chi connectivity index (χ4v) is 1.60. The molecule has 100 valence electrons. The van der Waals surface area contributed by atoms with Gasteiger partial charge in [0.05, 0.1) is 13.7 Å². The number of aryl methyl sites for hydroxylation is 2. The molecule has 1 aromatic carbocycles. The van der Waals surface area contributed by atoms with E-state index in [9.17, 15) is 4.79 Å². The molecule has 0 aliphatic carbocycles. The Morgan fingerprint density at radius 2 is 1.74 bits per heavy atom. The van der Waals surface area contributed by atoms with Gasteiger partial charge in [-0.3, -0.25) is 4.79 Å². The number of benzene rings is 1. The number of carboxylic acid groups (broad SMARTS) is 1. The molecule has 0 spiro atoms. The topological polar surface area (TPSA) is 55.8 Å². The molecule has 0 fully saturated rings. The molecular weight excluding hydrogens is 255 g/mol. The molecule has 0 heterocycles. The third-order valence-corrected chi connectivity index (χ3v) is 2.82. The molecule has 0 amide bonds. The maximum Gasteiger partial charge on any atom is 1.00 e. The number of carbonyl (C=O) groups is 1. The summed E-state index contributed by atoms with van der Waals surface area (Å²) in [4.78, 5) is 10.4. The number of aliphatic carboxylic acids is 1. The van der Waals surface area contributed by atoms with Crippen molar-refractivity contribution in [3.05, 3.63) is 23.3 Å². The molecule has 0 atom stereocenters. The maximum absolute atomic E-state index is 10.4. The maximum atomic E-state index is 10.4. The summed E-state index contributed by atoms with van der Waals surface area (Å²) in [7, 11) is 1.61. The van der Waals surface area contributed by atoms with Crippen molar-refractivity contribution in [2.45, 2.75) is 33.1 Å². The predicted octanol–water partition coefficient (Wildman–Crippen LogP) is -0.0503. The second-order valence-corrected chi connectivity index (χ2v) is 4.29. The van der Waals surface area contributed by atoms with Crippen LogP contribution >= 0.6 is 0 Å². The zero-order valence-electron chi connectivity index (χ0n) is 12.2. The molecule has 1 N–H and O–H groups in total. The van der Waals surface area contributed by atoms with Crippen LogP contribution in [0.15, 0.2) is 12.1 Å². The normalized spacial score (nSPS) is 9.63. The Bertz CT molecular complexity index is 418. The molecule has 0 aliphatic heterocycles. The van der Waals surface area contributed by atoms with Gasteiger partial charge < -0.3 is 14.6 Å². The second-order valence-electron chi connectivity index (χ2n) is 4.29. The summed E-state index contributed by atoms with van der Waals surface area (Å²) < 4.78 is 10.9. The van der Waals surface area contributed by atoms with E-state index in [0.29, 0.717) is 13.0 Å². The fraction of sp³-hybridized carbons (Fsp3) is 0.500. The summed E-state index contributed by atoms with van der Waals surface area (Å²) in [5, 5.41) is 8.52. The predicted molar refractivity (Wildman–Crippen MR) is 69.4 cm³/mol. The van der Waals surface area contributed by atoms with Gasteiger partial charge in [0, 0.05) is 6.42 Å². The van der Waals surface area contributed by atoms with Crippen LogP contribution in [0, 0.1) is 13.8 Å². The largest absolute Gasteiger partial charge is 1.00 e. The van der Waals surface area contributed by atoms with E-state index in [1.807, 2.05) is 26.0 Å². The Balaban J connectivity index is 0.00000324. The van der Waals surface area contributed by atoms with E-state index in [1.54, 1.807) is 7.11 Å². The van der Waals surface area contributed by atoms with Crippen molar-refractivity contribution < 1.29 is 48.9 Å². The number of carboxylic acids is 1. The molecule has 0 aromatic heterocycles. The third kappa shape index (κ3) is 6.32. The minimum absolute atomic E-state index is 0. The van der Waals surface area contributed by atoms with Crippen LogP contribution in [0.25, 0.3) is 0 Å². The number of hydrogen-bond donors (Lipinski definition) is 1. The summed E-state index contributed by atoms with van der Waals surface area (Å²) in [6, 6.07) is 3.90. The van der Waals surface area contributed by atoms with Crippen molar-refractivity contribution >= 4 is 5.97 Å². The summed E-state index contributed by atoms with van der Waals surface area (Å²) in [5.41, 5.74) is 2.31. The molecule has 0 aliphatic rings. The summed E-state index contributed by atoms with van der Waals surface area (Å²) in [5.74, 6) is 0.672. The number of ether oxygens (including phenoxy) is 2. The number of unbranched alkanes of at least 4 members (excludes halogenated alkanes) is 1. The average molecular weight is 275 g/mol. The minimum Gasteiger partial charge on any atom is -0.493 e. The number of rotatable bonds is 7. The molecule has 1 rings (SSSR count). The molecule has 0 unspecified atom stereocenters. The molecular formula is C14H20NaO4+. The molecule has 0 saturated carbocycles. The van der Waals surface area contributed by atoms with Crippen LogP contribution in [0.4, 0.5) is 0 Å². The number of hydrogen-bond acceptors (Lipinski definition) is 3. The molecule has 19 heavy (non-hydrogen) atoms. The quantitative estimate of drug-likeness (QED) is 0.560. The van der Waals surface area contributed by atoms with Gasteiger partial charge in [-0.15, -0.1) is 0 Å². The van der Waals surface area contributed by atoms with Gasteiger partial charge in [0.25, 0.3) is 0 Å². The van der Waals surface area contributed by atoms with Gasteiger partial charge in [0.15, 0.2) is 11.5 Å². The Morgan fingerprint density at radius 3 is 2.26 bits per heavy atom. The van der Waals surface area contributed by atoms with Crippen LogP contribution in [-0.4, -0.2) is 24.8 Å². The first kappa shape index (κ1) is 18.3. The van der Waals surface area contributed by atoms with Crippen LogP contribution in [0.5, 0.6) is 11.5 Å². The van der Waals surface area contributed by atoms with Crippen molar-refractivity contribution in [2.24, 2.45) is 0 Å². The first-order valence-corrected chi connectivity index (χ1v) is 6.04. The van der Waals surface area contributed by atoms with Gasteiger partial charge in [-0.25, -0.2) is 0 Å². The van der Waals surface area contributed by atoms with E-state index in [-0.39, 0.29) is 36.0 Å². The van der Waals surface area contributed by atoms with E-state index < -0.39 is 5.97 Å². The Hall–Kier alpha value is -0.710. The Labute approximate surface area is 136 Å². The van der Waals surface area contributed by atoms with Gasteiger partial charge in [-0.2, -0.15) is 0 Å². The molecule has 1 aromatic rings. The van der Waals surface area contributed by atoms with E-state index >= 15 is 0 Å². The van der Waals surface area contributed by atoms with E-state index in [4.69, 9.17) is 14.6 Å². The van der Waals surface area contributed by atoms with Gasteiger partial charge in [-0.1, -0.05) is 0 Å². The van der Waals surface area contributed by atoms with E-state index in [0.717, 1.165) is 29.0 Å². The molecule has 5 heteroatoms. The third-order valence-electron chi connectivity index (χ3n) is 2.82. The van der Waals surface area contributed by atoms with Gasteiger partial charge in [-0.05, 0) is 49.9 Å². The Morgan fingerprint density at radius 1 is 1.16 bits per heavy atom. The van der Waals surface area contributed by atoms with E-state index in [1.165, 1.54) is 0 Å². The van der Waals surface area contributed by atoms with Crippen molar-refractivity contribution in [1.29, 1.82) is 0 Å². The van der Waals surface area contributed by atoms with Crippen LogP contribution in [-0.2, 0) is 4.79 Å². The van der Waals surface area contributed by atoms with Crippen LogP contribution in [0.2, 0.25) is 0 Å². The zero-order chi connectivity index (χ0) is 13.5. The number of methoxy groups -OCH3 is 1. The minimum atomic E-state index is -0.765. The summed E-state index contributed by atoms with van der Waals surface area (Å²) >= 11 is 0. The van der Waals surface area contributed by atoms with Gasteiger partial charge >= 0.3 is 35.5 Å². The van der Waals surface area contributed by atoms with Crippen LogP contribution in [0.1, 0.15) is 30.4 Å². The fourth-order valence-electron chi connectivity index (χ4n) is 1.60. The molecule has 0 saturated heterocycles. The van der Waals surface area contributed by atoms with Crippen molar-refractivity contribution in [2.75, 3.05) is 13.7 Å². The molecule has 0 radical (unpaired) electrons.